The molecule has 1 amide bonds. The van der Waals surface area contributed by atoms with Crippen LogP contribution in [0.4, 0.5) is 5.95 Å². The Labute approximate surface area is 118 Å². The highest BCUT2D eigenvalue weighted by Crippen LogP contribution is 2.23. The zero-order valence-electron chi connectivity index (χ0n) is 10.0. The molecule has 1 aliphatic heterocycles. The molecule has 0 bridgehead atoms. The fraction of sp³-hybridized carbons (Fsp3) is 0.154. The smallest absolute Gasteiger partial charge is 0.254 e. The molecule has 5 nitrogen and oxygen atoms in total. The maximum Gasteiger partial charge on any atom is 0.254 e. The molecule has 1 aromatic heterocycles. The van der Waals surface area contributed by atoms with Crippen LogP contribution in [0.5, 0.6) is 0 Å². The molecule has 0 spiro atoms. The number of nitrogens with zero attached hydrogens (tertiary/aromatic N) is 3. The van der Waals surface area contributed by atoms with Gasteiger partial charge in [0.2, 0.25) is 5.95 Å². The van der Waals surface area contributed by atoms with Crippen molar-refractivity contribution in [2.75, 3.05) is 5.73 Å². The number of carbonyl (C=O) groups excluding carboxylic acids is 1. The number of hydrogen-bond acceptors (Lipinski definition) is 4. The summed E-state index contributed by atoms with van der Waals surface area (Å²) in [6.07, 6.45) is 1.69. The van der Waals surface area contributed by atoms with E-state index in [2.05, 4.69) is 25.9 Å². The van der Waals surface area contributed by atoms with E-state index in [0.29, 0.717) is 18.7 Å². The van der Waals surface area contributed by atoms with E-state index in [4.69, 9.17) is 5.73 Å². The average molecular weight is 319 g/mol. The number of amides is 1. The van der Waals surface area contributed by atoms with Gasteiger partial charge in [0.15, 0.2) is 0 Å². The first-order valence-corrected chi connectivity index (χ1v) is 6.58. The molecular weight excluding hydrogens is 308 g/mol. The van der Waals surface area contributed by atoms with E-state index in [0.717, 1.165) is 15.7 Å². The number of rotatable bonds is 1. The molecule has 2 aromatic rings. The van der Waals surface area contributed by atoms with Crippen LogP contribution in [-0.2, 0) is 13.1 Å². The maximum atomic E-state index is 12.4. The molecule has 0 aliphatic carbocycles. The highest BCUT2D eigenvalue weighted by molar-refractivity contribution is 9.10. The number of benzene rings is 1. The first-order valence-electron chi connectivity index (χ1n) is 5.78. The number of fused-ring (bicyclic) bond motifs is 1. The molecule has 0 saturated carbocycles. The Bertz CT molecular complexity index is 659. The number of anilines is 1. The number of nitrogen functional groups attached to an aromatic ring is 1. The van der Waals surface area contributed by atoms with E-state index < -0.39 is 0 Å². The fourth-order valence-corrected chi connectivity index (χ4v) is 2.52. The molecule has 0 atom stereocenters. The Morgan fingerprint density at radius 3 is 3.00 bits per heavy atom. The summed E-state index contributed by atoms with van der Waals surface area (Å²) >= 11 is 3.37. The van der Waals surface area contributed by atoms with Gasteiger partial charge in [0, 0.05) is 28.3 Å². The highest BCUT2D eigenvalue weighted by atomic mass is 79.9. The van der Waals surface area contributed by atoms with Crippen molar-refractivity contribution in [3.63, 3.8) is 0 Å². The molecule has 3 rings (SSSR count). The van der Waals surface area contributed by atoms with E-state index in [1.807, 2.05) is 18.2 Å². The summed E-state index contributed by atoms with van der Waals surface area (Å²) in [7, 11) is 0. The lowest BCUT2D eigenvalue weighted by atomic mass is 10.2. The predicted octanol–water partition coefficient (Wildman–Crippen LogP) is 1.98. The molecule has 1 aliphatic rings. The first-order chi connectivity index (χ1) is 9.13. The Kier molecular flexibility index (Phi) is 2.94. The maximum absolute atomic E-state index is 12.4. The lowest BCUT2D eigenvalue weighted by molar-refractivity contribution is 0.0750. The van der Waals surface area contributed by atoms with Gasteiger partial charge in [0.1, 0.15) is 0 Å². The van der Waals surface area contributed by atoms with E-state index in [1.54, 1.807) is 17.2 Å². The minimum absolute atomic E-state index is 0.0159. The minimum Gasteiger partial charge on any atom is -0.368 e. The standard InChI is InChI=1S/C13H11BrN4O/c14-10-3-1-2-8(4-10)12(19)18-6-9-5-16-13(15)17-11(9)7-18/h1-5H,6-7H2,(H2,15,16,17). The third-order valence-corrected chi connectivity index (χ3v) is 3.53. The summed E-state index contributed by atoms with van der Waals surface area (Å²) in [6, 6.07) is 7.35. The topological polar surface area (TPSA) is 72.1 Å². The quantitative estimate of drug-likeness (QED) is 0.872. The molecule has 0 fully saturated rings. The number of carbonyl (C=O) groups is 1. The van der Waals surface area contributed by atoms with E-state index >= 15 is 0 Å². The van der Waals surface area contributed by atoms with Gasteiger partial charge in [-0.15, -0.1) is 0 Å². The highest BCUT2D eigenvalue weighted by Gasteiger charge is 2.25. The van der Waals surface area contributed by atoms with Crippen LogP contribution in [0.15, 0.2) is 34.9 Å². The van der Waals surface area contributed by atoms with Crippen LogP contribution in [0.3, 0.4) is 0 Å². The molecule has 96 valence electrons. The largest absolute Gasteiger partial charge is 0.368 e. The number of aromatic nitrogens is 2. The van der Waals surface area contributed by atoms with Crippen molar-refractivity contribution < 1.29 is 4.79 Å². The third kappa shape index (κ3) is 2.31. The second-order valence-electron chi connectivity index (χ2n) is 4.37. The average Bonchev–Trinajstić information content (AvgIpc) is 2.80. The van der Waals surface area contributed by atoms with Gasteiger partial charge in [0.05, 0.1) is 12.2 Å². The molecule has 2 heterocycles. The zero-order chi connectivity index (χ0) is 13.4. The summed E-state index contributed by atoms with van der Waals surface area (Å²) in [5.74, 6) is 0.230. The lowest BCUT2D eigenvalue weighted by Crippen LogP contribution is -2.25. The van der Waals surface area contributed by atoms with Crippen molar-refractivity contribution in [2.24, 2.45) is 0 Å². The lowest BCUT2D eigenvalue weighted by Gasteiger charge is -2.15. The molecular formula is C13H11BrN4O. The van der Waals surface area contributed by atoms with Crippen LogP contribution >= 0.6 is 15.9 Å². The van der Waals surface area contributed by atoms with Gasteiger partial charge in [-0.25, -0.2) is 9.97 Å². The van der Waals surface area contributed by atoms with Crippen LogP contribution in [0.25, 0.3) is 0 Å². The van der Waals surface area contributed by atoms with Gasteiger partial charge >= 0.3 is 0 Å². The molecule has 0 unspecified atom stereocenters. The predicted molar refractivity (Wildman–Crippen MR) is 74.2 cm³/mol. The minimum atomic E-state index is -0.0159. The van der Waals surface area contributed by atoms with Gasteiger partial charge in [-0.1, -0.05) is 22.0 Å². The van der Waals surface area contributed by atoms with Crippen molar-refractivity contribution in [3.05, 3.63) is 51.8 Å². The summed E-state index contributed by atoms with van der Waals surface area (Å²) in [5.41, 5.74) is 7.99. The van der Waals surface area contributed by atoms with Crippen LogP contribution in [-0.4, -0.2) is 20.8 Å². The van der Waals surface area contributed by atoms with Gasteiger partial charge in [0.25, 0.3) is 5.91 Å². The summed E-state index contributed by atoms with van der Waals surface area (Å²) in [5, 5.41) is 0. The van der Waals surface area contributed by atoms with Gasteiger partial charge in [-0.05, 0) is 18.2 Å². The molecule has 0 saturated heterocycles. The van der Waals surface area contributed by atoms with Gasteiger partial charge in [-0.2, -0.15) is 0 Å². The summed E-state index contributed by atoms with van der Waals surface area (Å²) in [4.78, 5) is 22.2. The molecule has 1 aromatic carbocycles. The van der Waals surface area contributed by atoms with Gasteiger partial charge in [-0.3, -0.25) is 4.79 Å². The van der Waals surface area contributed by atoms with E-state index in [9.17, 15) is 4.79 Å². The normalized spacial score (nSPS) is 13.4. The first kappa shape index (κ1) is 12.1. The Morgan fingerprint density at radius 2 is 2.21 bits per heavy atom. The van der Waals surface area contributed by atoms with Crippen molar-refractivity contribution in [1.29, 1.82) is 0 Å². The molecule has 6 heteroatoms. The fourth-order valence-electron chi connectivity index (χ4n) is 2.12. The van der Waals surface area contributed by atoms with E-state index in [1.165, 1.54) is 0 Å². The van der Waals surface area contributed by atoms with Crippen LogP contribution in [0.1, 0.15) is 21.6 Å². The van der Waals surface area contributed by atoms with Crippen LogP contribution in [0.2, 0.25) is 0 Å². The van der Waals surface area contributed by atoms with Crippen molar-refractivity contribution in [1.82, 2.24) is 14.9 Å². The van der Waals surface area contributed by atoms with E-state index in [-0.39, 0.29) is 11.9 Å². The molecule has 0 radical (unpaired) electrons. The second-order valence-corrected chi connectivity index (χ2v) is 5.29. The van der Waals surface area contributed by atoms with Crippen molar-refractivity contribution in [3.8, 4) is 0 Å². The monoisotopic (exact) mass is 318 g/mol. The van der Waals surface area contributed by atoms with Crippen molar-refractivity contribution >= 4 is 27.8 Å². The van der Waals surface area contributed by atoms with Gasteiger partial charge < -0.3 is 10.6 Å². The Morgan fingerprint density at radius 1 is 1.37 bits per heavy atom. The molecule has 19 heavy (non-hydrogen) atoms. The second kappa shape index (κ2) is 4.62. The van der Waals surface area contributed by atoms with Crippen LogP contribution < -0.4 is 5.73 Å². The molecule has 2 N–H and O–H groups in total. The number of hydrogen-bond donors (Lipinski definition) is 1. The Hall–Kier alpha value is -1.95. The summed E-state index contributed by atoms with van der Waals surface area (Å²) < 4.78 is 0.888. The Balaban J connectivity index is 1.85. The zero-order valence-corrected chi connectivity index (χ0v) is 11.6. The summed E-state index contributed by atoms with van der Waals surface area (Å²) in [6.45, 7) is 1.01. The number of nitrogens with two attached hydrogens (primary N) is 1. The van der Waals surface area contributed by atoms with Crippen molar-refractivity contribution in [2.45, 2.75) is 13.1 Å². The number of halogens is 1. The third-order valence-electron chi connectivity index (χ3n) is 3.03. The SMILES string of the molecule is Nc1ncc2c(n1)CN(C(=O)c1cccc(Br)c1)C2. The van der Waals surface area contributed by atoms with Crippen LogP contribution in [0, 0.1) is 0 Å².